The lowest BCUT2D eigenvalue weighted by atomic mass is 10.3. The van der Waals surface area contributed by atoms with Crippen LogP contribution in [0.2, 0.25) is 0 Å². The smallest absolute Gasteiger partial charge is 0.324 e. The van der Waals surface area contributed by atoms with E-state index in [1.165, 1.54) is 0 Å². The summed E-state index contributed by atoms with van der Waals surface area (Å²) in [5, 5.41) is 18.0. The fourth-order valence-electron chi connectivity index (χ4n) is 0.545. The molecule has 0 aliphatic carbocycles. The lowest BCUT2D eigenvalue weighted by Crippen LogP contribution is -2.47. The van der Waals surface area contributed by atoms with Crippen LogP contribution < -0.4 is 5.84 Å². The van der Waals surface area contributed by atoms with E-state index >= 15 is 0 Å². The van der Waals surface area contributed by atoms with Gasteiger partial charge in [-0.1, -0.05) is 6.92 Å². The minimum atomic E-state index is -1.10. The summed E-state index contributed by atoms with van der Waals surface area (Å²) in [7, 11) is 0. The maximum atomic E-state index is 10.2. The summed E-state index contributed by atoms with van der Waals surface area (Å²) in [4.78, 5) is 10.2. The van der Waals surface area contributed by atoms with Crippen LogP contribution in [0.4, 0.5) is 0 Å². The second kappa shape index (κ2) is 4.21. The summed E-state index contributed by atoms with van der Waals surface area (Å²) < 4.78 is 0. The molecule has 0 bridgehead atoms. The molecule has 0 aromatic heterocycles. The number of hydrazine groups is 1. The number of hydrogen-bond donors (Lipinski definition) is 3. The first-order chi connectivity index (χ1) is 4.63. The maximum Gasteiger partial charge on any atom is 0.324 e. The number of hydrogen-bond acceptors (Lipinski definition) is 4. The molecule has 0 radical (unpaired) electrons. The van der Waals surface area contributed by atoms with Crippen LogP contribution in [0.1, 0.15) is 6.92 Å². The first kappa shape index (κ1) is 9.35. The summed E-state index contributed by atoms with van der Waals surface area (Å²) >= 11 is 0. The van der Waals surface area contributed by atoms with Gasteiger partial charge in [0.1, 0.15) is 6.04 Å². The first-order valence-corrected chi connectivity index (χ1v) is 2.98. The van der Waals surface area contributed by atoms with Crippen molar-refractivity contribution in [2.75, 3.05) is 13.2 Å². The summed E-state index contributed by atoms with van der Waals surface area (Å²) in [5.41, 5.74) is 0. The van der Waals surface area contributed by atoms with E-state index in [1.807, 2.05) is 0 Å². The van der Waals surface area contributed by atoms with Gasteiger partial charge < -0.3 is 10.2 Å². The van der Waals surface area contributed by atoms with Crippen molar-refractivity contribution in [2.24, 2.45) is 5.84 Å². The zero-order valence-corrected chi connectivity index (χ0v) is 5.82. The number of carboxylic acid groups (broad SMARTS) is 1. The lowest BCUT2D eigenvalue weighted by Gasteiger charge is -2.19. The van der Waals surface area contributed by atoms with Crippen molar-refractivity contribution < 1.29 is 15.0 Å². The van der Waals surface area contributed by atoms with Crippen LogP contribution in [-0.4, -0.2) is 40.4 Å². The Morgan fingerprint density at radius 2 is 2.30 bits per heavy atom. The highest BCUT2D eigenvalue weighted by molar-refractivity contribution is 5.73. The van der Waals surface area contributed by atoms with Crippen LogP contribution >= 0.6 is 0 Å². The predicted molar refractivity (Wildman–Crippen MR) is 35.1 cm³/mol. The SMILES string of the molecule is CCN(N)[C@@H](CO)C(=O)O. The first-order valence-electron chi connectivity index (χ1n) is 2.98. The van der Waals surface area contributed by atoms with Gasteiger partial charge in [0.15, 0.2) is 0 Å². The van der Waals surface area contributed by atoms with E-state index in [1.54, 1.807) is 6.92 Å². The van der Waals surface area contributed by atoms with Gasteiger partial charge in [-0.3, -0.25) is 10.6 Å². The van der Waals surface area contributed by atoms with Crippen molar-refractivity contribution >= 4 is 5.97 Å². The Hall–Kier alpha value is -0.650. The molecule has 0 unspecified atom stereocenters. The highest BCUT2D eigenvalue weighted by atomic mass is 16.4. The van der Waals surface area contributed by atoms with Gasteiger partial charge in [0.05, 0.1) is 6.61 Å². The quantitative estimate of drug-likeness (QED) is 0.338. The molecule has 0 aliphatic heterocycles. The number of aliphatic hydroxyl groups is 1. The maximum absolute atomic E-state index is 10.2. The number of carboxylic acids is 1. The molecule has 0 saturated heterocycles. The molecule has 5 nitrogen and oxygen atoms in total. The van der Waals surface area contributed by atoms with E-state index in [9.17, 15) is 4.79 Å². The Labute approximate surface area is 59.0 Å². The second-order valence-corrected chi connectivity index (χ2v) is 1.87. The summed E-state index contributed by atoms with van der Waals surface area (Å²) in [6, 6.07) is -0.981. The Morgan fingerprint density at radius 1 is 1.80 bits per heavy atom. The fourth-order valence-corrected chi connectivity index (χ4v) is 0.545. The molecule has 0 rings (SSSR count). The predicted octanol–water partition coefficient (Wildman–Crippen LogP) is -1.37. The van der Waals surface area contributed by atoms with Gasteiger partial charge in [0.25, 0.3) is 0 Å². The molecule has 1 atom stereocenters. The minimum Gasteiger partial charge on any atom is -0.480 e. The Balaban J connectivity index is 3.92. The third-order valence-corrected chi connectivity index (χ3v) is 1.22. The van der Waals surface area contributed by atoms with Gasteiger partial charge in [-0.15, -0.1) is 0 Å². The minimum absolute atomic E-state index is 0.400. The van der Waals surface area contributed by atoms with E-state index < -0.39 is 18.6 Å². The molecule has 5 heteroatoms. The Bertz CT molecular complexity index is 117. The van der Waals surface area contributed by atoms with Crippen LogP contribution in [0, 0.1) is 0 Å². The van der Waals surface area contributed by atoms with Gasteiger partial charge in [-0.25, -0.2) is 5.01 Å². The van der Waals surface area contributed by atoms with Crippen molar-refractivity contribution in [3.8, 4) is 0 Å². The van der Waals surface area contributed by atoms with E-state index in [0.29, 0.717) is 6.54 Å². The largest absolute Gasteiger partial charge is 0.480 e. The molecule has 4 N–H and O–H groups in total. The molecule has 0 spiro atoms. The summed E-state index contributed by atoms with van der Waals surface area (Å²) in [5.74, 6) is 4.12. The van der Waals surface area contributed by atoms with E-state index in [-0.39, 0.29) is 0 Å². The zero-order chi connectivity index (χ0) is 8.15. The van der Waals surface area contributed by atoms with Crippen molar-refractivity contribution in [2.45, 2.75) is 13.0 Å². The molecular formula is C5H12N2O3. The van der Waals surface area contributed by atoms with E-state index in [0.717, 1.165) is 5.01 Å². The normalized spacial score (nSPS) is 13.6. The number of aliphatic carboxylic acids is 1. The van der Waals surface area contributed by atoms with Crippen LogP contribution in [0.25, 0.3) is 0 Å². The van der Waals surface area contributed by atoms with Crippen LogP contribution in [0.15, 0.2) is 0 Å². The number of nitrogens with zero attached hydrogens (tertiary/aromatic N) is 1. The average molecular weight is 148 g/mol. The average Bonchev–Trinajstić information content (AvgIpc) is 1.88. The van der Waals surface area contributed by atoms with Gasteiger partial charge in [-0.05, 0) is 0 Å². The topological polar surface area (TPSA) is 86.8 Å². The molecule has 10 heavy (non-hydrogen) atoms. The van der Waals surface area contributed by atoms with Crippen molar-refractivity contribution in [1.82, 2.24) is 5.01 Å². The Morgan fingerprint density at radius 3 is 2.40 bits per heavy atom. The molecular weight excluding hydrogens is 136 g/mol. The Kier molecular flexibility index (Phi) is 3.94. The molecule has 0 aliphatic rings. The standard InChI is InChI=1S/C5H12N2O3/c1-2-7(6)4(3-8)5(9)10/h4,8H,2-3,6H2,1H3,(H,9,10)/t4-/m0/s1. The highest BCUT2D eigenvalue weighted by Gasteiger charge is 2.20. The molecule has 0 saturated carbocycles. The molecule has 60 valence electrons. The summed E-state index contributed by atoms with van der Waals surface area (Å²) in [6.07, 6.45) is 0. The van der Waals surface area contributed by atoms with Crippen molar-refractivity contribution in [3.05, 3.63) is 0 Å². The molecule has 0 aromatic carbocycles. The number of nitrogens with two attached hydrogens (primary N) is 1. The van der Waals surface area contributed by atoms with Crippen LogP contribution in [0.5, 0.6) is 0 Å². The van der Waals surface area contributed by atoms with Crippen molar-refractivity contribution in [3.63, 3.8) is 0 Å². The molecule has 0 amide bonds. The highest BCUT2D eigenvalue weighted by Crippen LogP contribution is 1.90. The fraction of sp³-hybridized carbons (Fsp3) is 0.800. The number of carbonyl (C=O) groups is 1. The molecule has 0 aromatic rings. The monoisotopic (exact) mass is 148 g/mol. The number of likely N-dealkylation sites (N-methyl/N-ethyl adjacent to an activating group) is 1. The second-order valence-electron chi connectivity index (χ2n) is 1.87. The van der Waals surface area contributed by atoms with Gasteiger partial charge >= 0.3 is 5.97 Å². The lowest BCUT2D eigenvalue weighted by molar-refractivity contribution is -0.144. The molecule has 0 heterocycles. The van der Waals surface area contributed by atoms with E-state index in [4.69, 9.17) is 16.1 Å². The van der Waals surface area contributed by atoms with Crippen LogP contribution in [0.3, 0.4) is 0 Å². The third-order valence-electron chi connectivity index (χ3n) is 1.22. The molecule has 0 fully saturated rings. The number of rotatable bonds is 4. The van der Waals surface area contributed by atoms with Crippen LogP contribution in [-0.2, 0) is 4.79 Å². The zero-order valence-electron chi connectivity index (χ0n) is 5.82. The third kappa shape index (κ3) is 2.30. The summed E-state index contributed by atoms with van der Waals surface area (Å²) in [6.45, 7) is 1.66. The van der Waals surface area contributed by atoms with Gasteiger partial charge in [0, 0.05) is 6.54 Å². The number of aliphatic hydroxyl groups excluding tert-OH is 1. The van der Waals surface area contributed by atoms with Gasteiger partial charge in [-0.2, -0.15) is 0 Å². The van der Waals surface area contributed by atoms with E-state index in [2.05, 4.69) is 0 Å². The van der Waals surface area contributed by atoms with Crippen molar-refractivity contribution in [1.29, 1.82) is 0 Å². The van der Waals surface area contributed by atoms with Gasteiger partial charge in [0.2, 0.25) is 0 Å².